The van der Waals surface area contributed by atoms with Crippen molar-refractivity contribution in [3.05, 3.63) is 54.1 Å². The number of ether oxygens (including phenoxy) is 1. The van der Waals surface area contributed by atoms with Crippen LogP contribution in [0.5, 0.6) is 0 Å². The summed E-state index contributed by atoms with van der Waals surface area (Å²) >= 11 is 1.53. The maximum Gasteiger partial charge on any atom is 0.414 e. The molecule has 30 heavy (non-hydrogen) atoms. The van der Waals surface area contributed by atoms with Gasteiger partial charge in [0.05, 0.1) is 24.0 Å². The normalized spacial score (nSPS) is 20.7. The van der Waals surface area contributed by atoms with E-state index in [1.807, 2.05) is 48.5 Å². The minimum absolute atomic E-state index is 0.0695. The summed E-state index contributed by atoms with van der Waals surface area (Å²) < 4.78 is 5.36. The number of cyclic esters (lactones) is 1. The summed E-state index contributed by atoms with van der Waals surface area (Å²) in [6, 6.07) is 15.6. The van der Waals surface area contributed by atoms with Crippen molar-refractivity contribution in [1.29, 1.82) is 0 Å². The quantitative estimate of drug-likeness (QED) is 0.797. The number of amides is 3. The molecule has 0 saturated carbocycles. The second-order valence-corrected chi connectivity index (χ2v) is 8.64. The first-order valence-electron chi connectivity index (χ1n) is 9.77. The maximum absolute atomic E-state index is 12.8. The van der Waals surface area contributed by atoms with Gasteiger partial charge in [0.15, 0.2) is 0 Å². The Hall–Kier alpha value is -3.00. The highest BCUT2D eigenvalue weighted by Gasteiger charge is 2.35. The molecule has 0 aliphatic carbocycles. The third-order valence-electron chi connectivity index (χ3n) is 5.21. The standard InChI is InChI=1S/C22H23N3O4S/c1-14(26)23-12-17-13-25(22(28)29-17)16-8-9-18-19(11-16)30-20(21(27)24(18)2)10-15-6-4-3-5-7-15/h3-9,11,17,20H,10,12-13H2,1-2H3,(H,23,26)/t17-,20?/m0/s1. The van der Waals surface area contributed by atoms with Crippen LogP contribution < -0.4 is 15.1 Å². The summed E-state index contributed by atoms with van der Waals surface area (Å²) in [6.07, 6.45) is -0.181. The molecule has 1 saturated heterocycles. The van der Waals surface area contributed by atoms with Crippen LogP contribution in [-0.4, -0.2) is 49.4 Å². The summed E-state index contributed by atoms with van der Waals surface area (Å²) in [4.78, 5) is 40.5. The van der Waals surface area contributed by atoms with Gasteiger partial charge < -0.3 is 15.0 Å². The summed E-state index contributed by atoms with van der Waals surface area (Å²) in [7, 11) is 1.78. The Labute approximate surface area is 179 Å². The topological polar surface area (TPSA) is 79.0 Å². The van der Waals surface area contributed by atoms with Crippen LogP contribution >= 0.6 is 11.8 Å². The number of anilines is 2. The van der Waals surface area contributed by atoms with Crippen molar-refractivity contribution in [2.75, 3.05) is 29.9 Å². The molecular weight excluding hydrogens is 402 g/mol. The van der Waals surface area contributed by atoms with E-state index in [0.717, 1.165) is 21.8 Å². The van der Waals surface area contributed by atoms with Crippen molar-refractivity contribution in [2.45, 2.75) is 29.6 Å². The van der Waals surface area contributed by atoms with Gasteiger partial charge in [0.1, 0.15) is 6.10 Å². The number of fused-ring (bicyclic) bond motifs is 1. The largest absolute Gasteiger partial charge is 0.442 e. The second kappa shape index (κ2) is 8.39. The SMILES string of the molecule is CC(=O)NC[C@H]1CN(c2ccc3c(c2)SC(Cc2ccccc2)C(=O)N3C)C(=O)O1. The molecule has 7 nitrogen and oxygen atoms in total. The van der Waals surface area contributed by atoms with E-state index in [9.17, 15) is 14.4 Å². The van der Waals surface area contributed by atoms with Gasteiger partial charge in [-0.05, 0) is 30.2 Å². The molecule has 2 heterocycles. The van der Waals surface area contributed by atoms with E-state index in [1.165, 1.54) is 18.7 Å². The molecular formula is C22H23N3O4S. The molecule has 2 aliphatic rings. The van der Waals surface area contributed by atoms with Gasteiger partial charge in [-0.1, -0.05) is 30.3 Å². The summed E-state index contributed by atoms with van der Waals surface area (Å²) in [6.45, 7) is 2.08. The Morgan fingerprint density at radius 2 is 1.97 bits per heavy atom. The number of carbonyl (C=O) groups is 3. The molecule has 1 fully saturated rings. The predicted octanol–water partition coefficient (Wildman–Crippen LogP) is 2.83. The molecule has 156 valence electrons. The minimum atomic E-state index is -0.434. The van der Waals surface area contributed by atoms with E-state index < -0.39 is 6.09 Å². The molecule has 8 heteroatoms. The van der Waals surface area contributed by atoms with Crippen molar-refractivity contribution in [1.82, 2.24) is 5.32 Å². The third-order valence-corrected chi connectivity index (χ3v) is 6.44. The zero-order valence-corrected chi connectivity index (χ0v) is 17.6. The Balaban J connectivity index is 1.53. The highest BCUT2D eigenvalue weighted by atomic mass is 32.2. The van der Waals surface area contributed by atoms with Crippen molar-refractivity contribution >= 4 is 41.0 Å². The van der Waals surface area contributed by atoms with E-state index in [0.29, 0.717) is 13.0 Å². The number of hydrogen-bond donors (Lipinski definition) is 1. The third kappa shape index (κ3) is 4.14. The second-order valence-electron chi connectivity index (χ2n) is 7.40. The maximum atomic E-state index is 12.8. The minimum Gasteiger partial charge on any atom is -0.442 e. The molecule has 2 aromatic carbocycles. The van der Waals surface area contributed by atoms with Crippen LogP contribution in [0.3, 0.4) is 0 Å². The van der Waals surface area contributed by atoms with Crippen LogP contribution in [0.15, 0.2) is 53.4 Å². The Morgan fingerprint density at radius 1 is 1.20 bits per heavy atom. The molecule has 2 aliphatic heterocycles. The lowest BCUT2D eigenvalue weighted by atomic mass is 10.1. The number of benzene rings is 2. The van der Waals surface area contributed by atoms with Crippen LogP contribution in [0.4, 0.5) is 16.2 Å². The first-order valence-corrected chi connectivity index (χ1v) is 10.6. The lowest BCUT2D eigenvalue weighted by Crippen LogP contribution is -2.39. The lowest BCUT2D eigenvalue weighted by Gasteiger charge is -2.32. The number of thioether (sulfide) groups is 1. The van der Waals surface area contributed by atoms with Gasteiger partial charge in [-0.2, -0.15) is 0 Å². The average Bonchev–Trinajstić information content (AvgIpc) is 3.11. The van der Waals surface area contributed by atoms with Gasteiger partial charge in [-0.15, -0.1) is 11.8 Å². The molecule has 4 rings (SSSR count). The zero-order valence-electron chi connectivity index (χ0n) is 16.8. The van der Waals surface area contributed by atoms with E-state index >= 15 is 0 Å². The van der Waals surface area contributed by atoms with E-state index in [2.05, 4.69) is 5.32 Å². The summed E-state index contributed by atoms with van der Waals surface area (Å²) in [5.41, 5.74) is 2.67. The first kappa shape index (κ1) is 20.3. The van der Waals surface area contributed by atoms with Crippen molar-refractivity contribution in [3.63, 3.8) is 0 Å². The Kier molecular flexibility index (Phi) is 5.67. The van der Waals surface area contributed by atoms with Crippen LogP contribution in [0, 0.1) is 0 Å². The van der Waals surface area contributed by atoms with Gasteiger partial charge in [-0.25, -0.2) is 4.79 Å². The fraction of sp³-hybridized carbons (Fsp3) is 0.318. The van der Waals surface area contributed by atoms with E-state index in [4.69, 9.17) is 4.74 Å². The molecule has 0 radical (unpaired) electrons. The summed E-state index contributed by atoms with van der Waals surface area (Å²) in [5.74, 6) is -0.0908. The van der Waals surface area contributed by atoms with Gasteiger partial charge in [0.2, 0.25) is 11.8 Å². The molecule has 1 unspecified atom stereocenters. The van der Waals surface area contributed by atoms with Crippen LogP contribution in [0.25, 0.3) is 0 Å². The number of nitrogens with zero attached hydrogens (tertiary/aromatic N) is 2. The lowest BCUT2D eigenvalue weighted by molar-refractivity contribution is -0.119. The molecule has 1 N–H and O–H groups in total. The van der Waals surface area contributed by atoms with Gasteiger partial charge in [0.25, 0.3) is 0 Å². The predicted molar refractivity (Wildman–Crippen MR) is 116 cm³/mol. The molecule has 3 amide bonds. The van der Waals surface area contributed by atoms with E-state index in [1.54, 1.807) is 16.8 Å². The van der Waals surface area contributed by atoms with Crippen LogP contribution in [0.2, 0.25) is 0 Å². The van der Waals surface area contributed by atoms with Gasteiger partial charge >= 0.3 is 6.09 Å². The Morgan fingerprint density at radius 3 is 2.70 bits per heavy atom. The molecule has 0 bridgehead atoms. The summed E-state index contributed by atoms with van der Waals surface area (Å²) in [5, 5.41) is 2.45. The highest BCUT2D eigenvalue weighted by molar-refractivity contribution is 8.01. The number of carbonyl (C=O) groups excluding carboxylic acids is 3. The van der Waals surface area contributed by atoms with Crippen molar-refractivity contribution < 1.29 is 19.1 Å². The zero-order chi connectivity index (χ0) is 21.3. The highest BCUT2D eigenvalue weighted by Crippen LogP contribution is 2.42. The monoisotopic (exact) mass is 425 g/mol. The van der Waals surface area contributed by atoms with Gasteiger partial charge in [-0.3, -0.25) is 14.5 Å². The van der Waals surface area contributed by atoms with Crippen molar-refractivity contribution in [2.24, 2.45) is 0 Å². The fourth-order valence-corrected chi connectivity index (χ4v) is 4.99. The Bertz CT molecular complexity index is 982. The molecule has 0 spiro atoms. The first-order chi connectivity index (χ1) is 14.4. The van der Waals surface area contributed by atoms with Crippen molar-refractivity contribution in [3.8, 4) is 0 Å². The van der Waals surface area contributed by atoms with Crippen LogP contribution in [0.1, 0.15) is 12.5 Å². The van der Waals surface area contributed by atoms with E-state index in [-0.39, 0.29) is 29.7 Å². The smallest absolute Gasteiger partial charge is 0.414 e. The fourth-order valence-electron chi connectivity index (χ4n) is 3.63. The van der Waals surface area contributed by atoms with Crippen LogP contribution in [-0.2, 0) is 20.7 Å². The average molecular weight is 426 g/mol. The number of nitrogens with one attached hydrogen (secondary N) is 1. The molecule has 2 atom stereocenters. The van der Waals surface area contributed by atoms with Gasteiger partial charge in [0, 0.05) is 24.6 Å². The molecule has 2 aromatic rings. The number of hydrogen-bond acceptors (Lipinski definition) is 5. The number of rotatable bonds is 5. The molecule has 0 aromatic heterocycles.